The zero-order valence-electron chi connectivity index (χ0n) is 48.9. The maximum absolute atomic E-state index is 14.3. The third-order valence-electron chi connectivity index (χ3n) is 16.0. The minimum Gasteiger partial charge on any atom is -0.352 e. The smallest absolute Gasteiger partial charge is 0.251 e. The molecule has 18 nitrogen and oxygen atoms in total. The van der Waals surface area contributed by atoms with Crippen LogP contribution < -0.4 is 31.9 Å². The molecule has 6 unspecified atom stereocenters. The summed E-state index contributed by atoms with van der Waals surface area (Å²) in [6, 6.07) is 24.7. The molecule has 4 aromatic carbocycles. The first kappa shape index (κ1) is 63.1. The van der Waals surface area contributed by atoms with Gasteiger partial charge in [-0.25, -0.2) is 8.78 Å². The molecule has 6 aromatic rings. The first-order valence-electron chi connectivity index (χ1n) is 29.4. The number of pyridine rings is 2. The molecule has 8 rings (SSSR count). The van der Waals surface area contributed by atoms with E-state index >= 15 is 0 Å². The van der Waals surface area contributed by atoms with E-state index in [0.29, 0.717) is 135 Å². The van der Waals surface area contributed by atoms with E-state index in [1.165, 1.54) is 60.9 Å². The van der Waals surface area contributed by atoms with Crippen molar-refractivity contribution in [1.82, 2.24) is 51.7 Å². The lowest BCUT2D eigenvalue weighted by atomic mass is 9.99. The van der Waals surface area contributed by atoms with Crippen molar-refractivity contribution in [2.45, 2.75) is 114 Å². The van der Waals surface area contributed by atoms with Crippen LogP contribution in [0.25, 0.3) is 11.1 Å². The molecular formula is C66H74F2N10O8. The van der Waals surface area contributed by atoms with Gasteiger partial charge in [0, 0.05) is 84.3 Å². The second kappa shape index (κ2) is 30.3. The maximum Gasteiger partial charge on any atom is 0.251 e. The summed E-state index contributed by atoms with van der Waals surface area (Å²) in [6.07, 6.45) is 11.7. The SMILES string of the molecule is CNC(C)C(=O)NC(CCCCNC(=O)c1ccc(-c2ccc(C(=O)NCCCCC(NC(=O)C(C)NC)C(=O)N3CCCC3c3cncc(C(=O)c4ccc(F)cc4)c3)cc2)cc1)C(=O)N1CCCC1c1cncc(C(=O)c2ccc(F)cc2)c1. The quantitative estimate of drug-likeness (QED) is 0.0216. The number of halogens is 2. The van der Waals surface area contributed by atoms with Crippen LogP contribution in [0.5, 0.6) is 0 Å². The largest absolute Gasteiger partial charge is 0.352 e. The standard InChI is InChI=1S/C66H74F2N10O8/c1-41(69-3)61(81)75-55(65(85)77-33-9-13-57(77)49-35-51(39-71-37-49)59(79)45-23-27-53(67)28-24-45)11-5-7-31-73-63(83)47-19-15-43(16-20-47)44-17-21-48(22-18-44)64(84)74-32-8-6-12-56(76-62(82)42(2)70-4)66(86)78-34-10-14-58(78)50-36-52(40-72-38-50)60(80)46-25-29-54(68)30-26-46/h15-30,35-42,55-58,69-70H,5-14,31-34H2,1-4H3,(H,73,83)(H,74,84)(H,75,81)(H,76,82). The molecule has 20 heteroatoms. The van der Waals surface area contributed by atoms with Gasteiger partial charge in [-0.15, -0.1) is 0 Å². The average molecular weight is 1170 g/mol. The van der Waals surface area contributed by atoms with Gasteiger partial charge in [0.15, 0.2) is 11.6 Å². The van der Waals surface area contributed by atoms with Gasteiger partial charge in [0.05, 0.1) is 24.2 Å². The molecular weight excluding hydrogens is 1100 g/mol. The highest BCUT2D eigenvalue weighted by molar-refractivity contribution is 6.09. The van der Waals surface area contributed by atoms with Crippen molar-refractivity contribution in [2.75, 3.05) is 40.3 Å². The number of carbonyl (C=O) groups is 8. The van der Waals surface area contributed by atoms with Crippen molar-refractivity contribution in [3.8, 4) is 11.1 Å². The van der Waals surface area contributed by atoms with Gasteiger partial charge in [-0.2, -0.15) is 0 Å². The fourth-order valence-corrected chi connectivity index (χ4v) is 10.8. The van der Waals surface area contributed by atoms with Gasteiger partial charge in [-0.3, -0.25) is 48.3 Å². The van der Waals surface area contributed by atoms with Crippen molar-refractivity contribution in [3.63, 3.8) is 0 Å². The zero-order valence-corrected chi connectivity index (χ0v) is 48.9. The molecule has 4 heterocycles. The first-order valence-corrected chi connectivity index (χ1v) is 29.4. The van der Waals surface area contributed by atoms with E-state index in [1.807, 2.05) is 24.3 Å². The van der Waals surface area contributed by atoms with Gasteiger partial charge in [0.1, 0.15) is 23.7 Å². The van der Waals surface area contributed by atoms with E-state index < -0.39 is 35.8 Å². The molecule has 0 radical (unpaired) electrons. The Hall–Kier alpha value is -8.88. The van der Waals surface area contributed by atoms with Crippen LogP contribution in [0.15, 0.2) is 134 Å². The number of hydrogen-bond acceptors (Lipinski definition) is 12. The number of likely N-dealkylation sites (tertiary alicyclic amines) is 2. The first-order chi connectivity index (χ1) is 41.5. The van der Waals surface area contributed by atoms with E-state index in [9.17, 15) is 47.1 Å². The predicted octanol–water partition coefficient (Wildman–Crippen LogP) is 7.60. The Morgan fingerprint density at radius 1 is 0.488 bits per heavy atom. The second-order valence-electron chi connectivity index (χ2n) is 21.9. The molecule has 6 N–H and O–H groups in total. The van der Waals surface area contributed by atoms with Crippen LogP contribution in [0.4, 0.5) is 8.78 Å². The lowest BCUT2D eigenvalue weighted by Crippen LogP contribution is -2.52. The lowest BCUT2D eigenvalue weighted by molar-refractivity contribution is -0.138. The third-order valence-corrected chi connectivity index (χ3v) is 16.0. The number of rotatable bonds is 27. The minimum atomic E-state index is -0.837. The van der Waals surface area contributed by atoms with E-state index in [-0.39, 0.29) is 59.1 Å². The van der Waals surface area contributed by atoms with Crippen LogP contribution in [-0.2, 0) is 19.2 Å². The Kier molecular flexibility index (Phi) is 22.2. The van der Waals surface area contributed by atoms with Crippen LogP contribution in [-0.4, -0.2) is 131 Å². The van der Waals surface area contributed by atoms with Crippen LogP contribution >= 0.6 is 0 Å². The molecule has 6 amide bonds. The lowest BCUT2D eigenvalue weighted by Gasteiger charge is -2.30. The van der Waals surface area contributed by atoms with Crippen LogP contribution in [0, 0.1) is 11.6 Å². The van der Waals surface area contributed by atoms with Crippen LogP contribution in [0.3, 0.4) is 0 Å². The van der Waals surface area contributed by atoms with Crippen LogP contribution in [0.1, 0.15) is 154 Å². The molecule has 2 aliphatic heterocycles. The highest BCUT2D eigenvalue weighted by atomic mass is 19.1. The molecule has 0 bridgehead atoms. The normalized spacial score (nSPS) is 16.1. The van der Waals surface area contributed by atoms with Gasteiger partial charge in [-0.05, 0) is 199 Å². The van der Waals surface area contributed by atoms with Crippen molar-refractivity contribution in [2.24, 2.45) is 0 Å². The van der Waals surface area contributed by atoms with Gasteiger partial charge in [-0.1, -0.05) is 24.3 Å². The van der Waals surface area contributed by atoms with Crippen molar-refractivity contribution < 1.29 is 47.1 Å². The molecule has 450 valence electrons. The number of nitrogens with one attached hydrogen (secondary N) is 6. The summed E-state index contributed by atoms with van der Waals surface area (Å²) in [7, 11) is 3.32. The summed E-state index contributed by atoms with van der Waals surface area (Å²) >= 11 is 0. The zero-order chi connectivity index (χ0) is 61.3. The van der Waals surface area contributed by atoms with Gasteiger partial charge in [0.25, 0.3) is 11.8 Å². The summed E-state index contributed by atoms with van der Waals surface area (Å²) in [6.45, 7) is 4.98. The van der Waals surface area contributed by atoms with Gasteiger partial charge in [0.2, 0.25) is 23.6 Å². The number of unbranched alkanes of at least 4 members (excludes halogenated alkanes) is 2. The predicted molar refractivity (Wildman–Crippen MR) is 321 cm³/mol. The second-order valence-corrected chi connectivity index (χ2v) is 21.9. The van der Waals surface area contributed by atoms with E-state index in [0.717, 1.165) is 11.1 Å². The maximum atomic E-state index is 14.3. The summed E-state index contributed by atoms with van der Waals surface area (Å²) < 4.78 is 27.1. The van der Waals surface area contributed by atoms with E-state index in [1.54, 1.807) is 86.5 Å². The number of likely N-dealkylation sites (N-methyl/N-ethyl adjacent to an activating group) is 2. The van der Waals surface area contributed by atoms with Crippen molar-refractivity contribution in [3.05, 3.63) is 190 Å². The summed E-state index contributed by atoms with van der Waals surface area (Å²) in [5, 5.41) is 17.6. The Bertz CT molecular complexity index is 3140. The number of hydrogen-bond donors (Lipinski definition) is 6. The molecule has 0 saturated carbocycles. The fraction of sp³-hybridized carbons (Fsp3) is 0.364. The van der Waals surface area contributed by atoms with Crippen molar-refractivity contribution in [1.29, 1.82) is 0 Å². The number of ketones is 2. The molecule has 2 aliphatic rings. The number of carbonyl (C=O) groups excluding carboxylic acids is 8. The average Bonchev–Trinajstić information content (AvgIpc) is 2.80. The highest BCUT2D eigenvalue weighted by Crippen LogP contribution is 2.35. The van der Waals surface area contributed by atoms with Gasteiger partial charge >= 0.3 is 0 Å². The van der Waals surface area contributed by atoms with Crippen molar-refractivity contribution >= 4 is 47.0 Å². The third kappa shape index (κ3) is 16.3. The summed E-state index contributed by atoms with van der Waals surface area (Å²) in [5.41, 5.74) is 5.23. The van der Waals surface area contributed by atoms with E-state index in [4.69, 9.17) is 0 Å². The molecule has 6 atom stereocenters. The van der Waals surface area contributed by atoms with Gasteiger partial charge < -0.3 is 41.7 Å². The molecule has 2 fully saturated rings. The number of benzene rings is 4. The molecule has 2 saturated heterocycles. The highest BCUT2D eigenvalue weighted by Gasteiger charge is 2.37. The Labute approximate surface area is 499 Å². The number of nitrogens with zero attached hydrogens (tertiary/aromatic N) is 4. The molecule has 0 spiro atoms. The Morgan fingerprint density at radius 2 is 0.849 bits per heavy atom. The molecule has 86 heavy (non-hydrogen) atoms. The molecule has 0 aliphatic carbocycles. The fourth-order valence-electron chi connectivity index (χ4n) is 10.8. The Morgan fingerprint density at radius 3 is 1.21 bits per heavy atom. The topological polar surface area (TPSA) is 241 Å². The number of amides is 6. The summed E-state index contributed by atoms with van der Waals surface area (Å²) in [4.78, 5) is 120. The number of aromatic nitrogens is 2. The Balaban J connectivity index is 0.787. The molecule has 2 aromatic heterocycles. The van der Waals surface area contributed by atoms with E-state index in [2.05, 4.69) is 41.9 Å². The minimum absolute atomic E-state index is 0.246. The monoisotopic (exact) mass is 1170 g/mol. The summed E-state index contributed by atoms with van der Waals surface area (Å²) in [5.74, 6) is -3.22. The van der Waals surface area contributed by atoms with Crippen LogP contribution in [0.2, 0.25) is 0 Å².